The van der Waals surface area contributed by atoms with Gasteiger partial charge in [0.25, 0.3) is 11.8 Å². The van der Waals surface area contributed by atoms with Gasteiger partial charge < -0.3 is 10.2 Å². The van der Waals surface area contributed by atoms with Gasteiger partial charge in [0.1, 0.15) is 0 Å². The van der Waals surface area contributed by atoms with E-state index < -0.39 is 0 Å². The van der Waals surface area contributed by atoms with Crippen molar-refractivity contribution in [2.45, 2.75) is 31.6 Å². The number of hydrogen-bond acceptors (Lipinski definition) is 3. The second-order valence-corrected chi connectivity index (χ2v) is 6.93. The summed E-state index contributed by atoms with van der Waals surface area (Å²) in [6.07, 6.45) is 3.88. The highest BCUT2D eigenvalue weighted by atomic mass is 32.2. The first-order valence-corrected chi connectivity index (χ1v) is 10.2. The lowest BCUT2D eigenvalue weighted by atomic mass is 10.1. The molecule has 2 amide bonds. The van der Waals surface area contributed by atoms with Crippen LogP contribution in [0.4, 0.5) is 5.69 Å². The fraction of sp³-hybridized carbons (Fsp3) is 0.333. The maximum absolute atomic E-state index is 12.6. The van der Waals surface area contributed by atoms with Crippen molar-refractivity contribution in [2.24, 2.45) is 0 Å². The van der Waals surface area contributed by atoms with Crippen LogP contribution in [0.2, 0.25) is 0 Å². The van der Waals surface area contributed by atoms with E-state index in [1.165, 1.54) is 0 Å². The minimum absolute atomic E-state index is 0.0410. The topological polar surface area (TPSA) is 49.4 Å². The highest BCUT2D eigenvalue weighted by molar-refractivity contribution is 7.98. The number of rotatable bonds is 8. The summed E-state index contributed by atoms with van der Waals surface area (Å²) in [6, 6.07) is 14.6. The Bertz CT molecular complexity index is 721. The molecule has 0 aliphatic heterocycles. The monoisotopic (exact) mass is 370 g/mol. The lowest BCUT2D eigenvalue weighted by Crippen LogP contribution is -2.32. The fourth-order valence-corrected chi connectivity index (χ4v) is 3.09. The zero-order valence-corrected chi connectivity index (χ0v) is 16.4. The Hall–Kier alpha value is -2.27. The average Bonchev–Trinajstić information content (AvgIpc) is 2.68. The maximum atomic E-state index is 12.6. The van der Waals surface area contributed by atoms with Crippen molar-refractivity contribution in [3.05, 3.63) is 59.7 Å². The number of benzene rings is 2. The molecule has 0 aliphatic rings. The Morgan fingerprint density at radius 1 is 0.885 bits per heavy atom. The van der Waals surface area contributed by atoms with Crippen molar-refractivity contribution in [3.8, 4) is 0 Å². The van der Waals surface area contributed by atoms with Crippen LogP contribution in [0.25, 0.3) is 0 Å². The van der Waals surface area contributed by atoms with Gasteiger partial charge in [0.05, 0.1) is 0 Å². The maximum Gasteiger partial charge on any atom is 0.255 e. The van der Waals surface area contributed by atoms with Crippen molar-refractivity contribution < 1.29 is 9.59 Å². The zero-order valence-electron chi connectivity index (χ0n) is 15.6. The van der Waals surface area contributed by atoms with Gasteiger partial charge in [0.2, 0.25) is 0 Å². The van der Waals surface area contributed by atoms with Crippen LogP contribution in [0.15, 0.2) is 53.4 Å². The number of nitrogens with one attached hydrogen (secondary N) is 1. The van der Waals surface area contributed by atoms with E-state index in [1.807, 2.05) is 35.4 Å². The summed E-state index contributed by atoms with van der Waals surface area (Å²) in [5, 5.41) is 2.87. The predicted octanol–water partition coefficient (Wildman–Crippen LogP) is 4.92. The molecule has 5 heteroatoms. The number of hydrogen-bond donors (Lipinski definition) is 1. The summed E-state index contributed by atoms with van der Waals surface area (Å²) in [5.74, 6) is -0.116. The molecule has 0 radical (unpaired) electrons. The quantitative estimate of drug-likeness (QED) is 0.671. The summed E-state index contributed by atoms with van der Waals surface area (Å²) < 4.78 is 0. The molecule has 0 aromatic heterocycles. The first kappa shape index (κ1) is 20.0. The second-order valence-electron chi connectivity index (χ2n) is 6.05. The Morgan fingerprint density at radius 2 is 1.42 bits per heavy atom. The molecule has 4 nitrogen and oxygen atoms in total. The summed E-state index contributed by atoms with van der Waals surface area (Å²) in [6.45, 7) is 5.66. The summed E-state index contributed by atoms with van der Waals surface area (Å²) >= 11 is 1.64. The van der Waals surface area contributed by atoms with E-state index in [0.29, 0.717) is 16.8 Å². The van der Waals surface area contributed by atoms with Gasteiger partial charge in [0.15, 0.2) is 0 Å². The summed E-state index contributed by atoms with van der Waals surface area (Å²) in [4.78, 5) is 27.9. The molecule has 26 heavy (non-hydrogen) atoms. The highest BCUT2D eigenvalue weighted by Gasteiger charge is 2.14. The molecule has 1 N–H and O–H groups in total. The fourth-order valence-electron chi connectivity index (χ4n) is 2.68. The van der Waals surface area contributed by atoms with E-state index in [4.69, 9.17) is 0 Å². The van der Waals surface area contributed by atoms with E-state index in [2.05, 4.69) is 19.2 Å². The standard InChI is InChI=1S/C21H26N2O2S/c1-4-14-23(15-5-2)21(25)17-6-10-18(11-7-17)22-20(24)16-8-12-19(26-3)13-9-16/h6-13H,4-5,14-15H2,1-3H3,(H,22,24). The molecule has 0 fully saturated rings. The first-order valence-electron chi connectivity index (χ1n) is 8.93. The number of nitrogens with zero attached hydrogens (tertiary/aromatic N) is 1. The van der Waals surface area contributed by atoms with Crippen LogP contribution in [0.3, 0.4) is 0 Å². The molecule has 0 saturated heterocycles. The predicted molar refractivity (Wildman–Crippen MR) is 109 cm³/mol. The summed E-state index contributed by atoms with van der Waals surface area (Å²) in [7, 11) is 0. The SMILES string of the molecule is CCCN(CCC)C(=O)c1ccc(NC(=O)c2ccc(SC)cc2)cc1. The van der Waals surface area contributed by atoms with Crippen LogP contribution < -0.4 is 5.32 Å². The molecule has 138 valence electrons. The third-order valence-electron chi connectivity index (χ3n) is 4.02. The molecule has 0 bridgehead atoms. The molecule has 0 saturated carbocycles. The lowest BCUT2D eigenvalue weighted by Gasteiger charge is -2.21. The van der Waals surface area contributed by atoms with Crippen LogP contribution in [0, 0.1) is 0 Å². The van der Waals surface area contributed by atoms with Gasteiger partial charge in [-0.1, -0.05) is 13.8 Å². The van der Waals surface area contributed by atoms with Gasteiger partial charge in [-0.05, 0) is 67.6 Å². The third-order valence-corrected chi connectivity index (χ3v) is 4.76. The Kier molecular flexibility index (Phi) is 7.73. The molecule has 0 atom stereocenters. The van der Waals surface area contributed by atoms with Crippen molar-refractivity contribution in [3.63, 3.8) is 0 Å². The lowest BCUT2D eigenvalue weighted by molar-refractivity contribution is 0.0755. The zero-order chi connectivity index (χ0) is 18.9. The van der Waals surface area contributed by atoms with Gasteiger partial charge in [-0.2, -0.15) is 0 Å². The molecule has 2 aromatic rings. The third kappa shape index (κ3) is 5.36. The van der Waals surface area contributed by atoms with Gasteiger partial charge >= 0.3 is 0 Å². The summed E-state index contributed by atoms with van der Waals surface area (Å²) in [5.41, 5.74) is 1.94. The van der Waals surface area contributed by atoms with Gasteiger partial charge in [-0.3, -0.25) is 9.59 Å². The Balaban J connectivity index is 2.03. The minimum atomic E-state index is -0.157. The van der Waals surface area contributed by atoms with E-state index in [-0.39, 0.29) is 11.8 Å². The number of carbonyl (C=O) groups excluding carboxylic acids is 2. The number of carbonyl (C=O) groups is 2. The number of thioether (sulfide) groups is 1. The van der Waals surface area contributed by atoms with E-state index in [0.717, 1.165) is 30.8 Å². The molecular weight excluding hydrogens is 344 g/mol. The van der Waals surface area contributed by atoms with Crippen molar-refractivity contribution in [1.82, 2.24) is 4.90 Å². The molecule has 0 aliphatic carbocycles. The number of amides is 2. The van der Waals surface area contributed by atoms with Crippen molar-refractivity contribution in [1.29, 1.82) is 0 Å². The van der Waals surface area contributed by atoms with Crippen molar-refractivity contribution >= 4 is 29.3 Å². The molecule has 0 spiro atoms. The number of anilines is 1. The molecule has 0 unspecified atom stereocenters. The highest BCUT2D eigenvalue weighted by Crippen LogP contribution is 2.17. The minimum Gasteiger partial charge on any atom is -0.339 e. The molecule has 0 heterocycles. The van der Waals surface area contributed by atoms with E-state index in [1.54, 1.807) is 36.0 Å². The van der Waals surface area contributed by atoms with Crippen molar-refractivity contribution in [2.75, 3.05) is 24.7 Å². The molecule has 2 rings (SSSR count). The van der Waals surface area contributed by atoms with Gasteiger partial charge in [-0.15, -0.1) is 11.8 Å². The molecule has 2 aromatic carbocycles. The Labute approximate surface area is 160 Å². The van der Waals surface area contributed by atoms with E-state index in [9.17, 15) is 9.59 Å². The second kappa shape index (κ2) is 10.0. The largest absolute Gasteiger partial charge is 0.339 e. The Morgan fingerprint density at radius 3 is 1.92 bits per heavy atom. The average molecular weight is 371 g/mol. The van der Waals surface area contributed by atoms with Crippen LogP contribution in [0.1, 0.15) is 47.4 Å². The van der Waals surface area contributed by atoms with Crippen LogP contribution in [-0.2, 0) is 0 Å². The van der Waals surface area contributed by atoms with Crippen LogP contribution in [-0.4, -0.2) is 36.1 Å². The van der Waals surface area contributed by atoms with Crippen LogP contribution in [0.5, 0.6) is 0 Å². The van der Waals surface area contributed by atoms with Gasteiger partial charge in [0, 0.05) is 34.8 Å². The normalized spacial score (nSPS) is 10.4. The van der Waals surface area contributed by atoms with Crippen LogP contribution >= 0.6 is 11.8 Å². The smallest absolute Gasteiger partial charge is 0.255 e. The van der Waals surface area contributed by atoms with Gasteiger partial charge in [-0.25, -0.2) is 0 Å². The van der Waals surface area contributed by atoms with E-state index >= 15 is 0 Å². The first-order chi connectivity index (χ1) is 12.6. The molecular formula is C21H26N2O2S.